The molecule has 0 atom stereocenters. The summed E-state index contributed by atoms with van der Waals surface area (Å²) >= 11 is 12.0. The lowest BCUT2D eigenvalue weighted by Gasteiger charge is -2.20. The fraction of sp³-hybridized carbons (Fsp3) is 0.222. The van der Waals surface area contributed by atoms with Gasteiger partial charge in [0.1, 0.15) is 0 Å². The number of halogens is 2. The molecular formula is C18H16Cl2N2O2. The van der Waals surface area contributed by atoms with Gasteiger partial charge in [-0.25, -0.2) is 0 Å². The van der Waals surface area contributed by atoms with E-state index >= 15 is 0 Å². The molecule has 0 aliphatic carbocycles. The minimum absolute atomic E-state index is 0.0810. The molecule has 0 radical (unpaired) electrons. The lowest BCUT2D eigenvalue weighted by molar-refractivity contribution is -0.117. The molecule has 2 amide bonds. The summed E-state index contributed by atoms with van der Waals surface area (Å²) in [4.78, 5) is 26.0. The van der Waals surface area contributed by atoms with Crippen LogP contribution in [0.5, 0.6) is 0 Å². The number of carbonyl (C=O) groups is 2. The van der Waals surface area contributed by atoms with E-state index in [9.17, 15) is 9.59 Å². The van der Waals surface area contributed by atoms with Crippen molar-refractivity contribution in [1.29, 1.82) is 0 Å². The van der Waals surface area contributed by atoms with Gasteiger partial charge in [-0.3, -0.25) is 9.59 Å². The number of anilines is 2. The number of para-hydroxylation sites is 2. The fourth-order valence-electron chi connectivity index (χ4n) is 2.75. The van der Waals surface area contributed by atoms with Crippen molar-refractivity contribution in [2.24, 2.45) is 0 Å². The van der Waals surface area contributed by atoms with Crippen molar-refractivity contribution >= 4 is 46.4 Å². The summed E-state index contributed by atoms with van der Waals surface area (Å²) < 4.78 is 0. The van der Waals surface area contributed by atoms with Gasteiger partial charge in [0, 0.05) is 23.0 Å². The predicted octanol–water partition coefficient (Wildman–Crippen LogP) is 4.30. The number of benzene rings is 2. The van der Waals surface area contributed by atoms with Gasteiger partial charge in [-0.1, -0.05) is 41.4 Å². The number of nitrogens with zero attached hydrogens (tertiary/aromatic N) is 1. The van der Waals surface area contributed by atoms with E-state index in [2.05, 4.69) is 5.32 Å². The molecule has 1 N–H and O–H groups in total. The van der Waals surface area contributed by atoms with E-state index in [-0.39, 0.29) is 18.2 Å². The number of amides is 2. The second-order valence-electron chi connectivity index (χ2n) is 5.63. The average molecular weight is 363 g/mol. The SMILES string of the molecule is O=C(Cc1ccc(Cl)cc1Cl)Nc1ccccc1N1CCCC1=O. The van der Waals surface area contributed by atoms with E-state index < -0.39 is 0 Å². The maximum atomic E-state index is 12.4. The van der Waals surface area contributed by atoms with Crippen molar-refractivity contribution in [3.05, 3.63) is 58.1 Å². The lowest BCUT2D eigenvalue weighted by Crippen LogP contribution is -2.26. The molecule has 2 aromatic rings. The molecule has 1 heterocycles. The number of hydrogen-bond acceptors (Lipinski definition) is 2. The molecule has 1 fully saturated rings. The van der Waals surface area contributed by atoms with Crippen LogP contribution in [0.4, 0.5) is 11.4 Å². The second kappa shape index (κ2) is 7.24. The highest BCUT2D eigenvalue weighted by molar-refractivity contribution is 6.35. The first-order chi connectivity index (χ1) is 11.5. The number of carbonyl (C=O) groups excluding carboxylic acids is 2. The second-order valence-corrected chi connectivity index (χ2v) is 6.47. The van der Waals surface area contributed by atoms with E-state index in [4.69, 9.17) is 23.2 Å². The monoisotopic (exact) mass is 362 g/mol. The van der Waals surface area contributed by atoms with Gasteiger partial charge in [-0.05, 0) is 36.2 Å². The molecule has 124 valence electrons. The maximum absolute atomic E-state index is 12.4. The smallest absolute Gasteiger partial charge is 0.228 e. The average Bonchev–Trinajstić information content (AvgIpc) is 2.97. The Hall–Kier alpha value is -2.04. The predicted molar refractivity (Wildman–Crippen MR) is 96.8 cm³/mol. The van der Waals surface area contributed by atoms with Crippen LogP contribution in [0.1, 0.15) is 18.4 Å². The first-order valence-electron chi connectivity index (χ1n) is 7.68. The van der Waals surface area contributed by atoms with Crippen LogP contribution in [0.2, 0.25) is 10.0 Å². The highest BCUT2D eigenvalue weighted by Gasteiger charge is 2.24. The fourth-order valence-corrected chi connectivity index (χ4v) is 3.23. The Morgan fingerprint density at radius 1 is 1.17 bits per heavy atom. The zero-order chi connectivity index (χ0) is 17.1. The van der Waals surface area contributed by atoms with Crippen molar-refractivity contribution in [3.63, 3.8) is 0 Å². The lowest BCUT2D eigenvalue weighted by atomic mass is 10.1. The van der Waals surface area contributed by atoms with Gasteiger partial charge in [0.2, 0.25) is 11.8 Å². The number of rotatable bonds is 4. The Morgan fingerprint density at radius 3 is 2.67 bits per heavy atom. The Balaban J connectivity index is 1.76. The highest BCUT2D eigenvalue weighted by atomic mass is 35.5. The van der Waals surface area contributed by atoms with Crippen LogP contribution in [0, 0.1) is 0 Å². The van der Waals surface area contributed by atoms with Gasteiger partial charge in [0.05, 0.1) is 17.8 Å². The minimum atomic E-state index is -0.196. The summed E-state index contributed by atoms with van der Waals surface area (Å²) in [7, 11) is 0. The zero-order valence-corrected chi connectivity index (χ0v) is 14.4. The molecule has 0 aromatic heterocycles. The Bertz CT molecular complexity index is 792. The van der Waals surface area contributed by atoms with Gasteiger partial charge >= 0.3 is 0 Å². The quantitative estimate of drug-likeness (QED) is 0.881. The van der Waals surface area contributed by atoms with Crippen LogP contribution < -0.4 is 10.2 Å². The molecule has 24 heavy (non-hydrogen) atoms. The van der Waals surface area contributed by atoms with E-state index in [1.807, 2.05) is 18.2 Å². The van der Waals surface area contributed by atoms with Gasteiger partial charge in [-0.2, -0.15) is 0 Å². The van der Waals surface area contributed by atoms with Crippen LogP contribution in [0.3, 0.4) is 0 Å². The standard InChI is InChI=1S/C18H16Cl2N2O2/c19-13-8-7-12(14(20)11-13)10-17(23)21-15-4-1-2-5-16(15)22-9-3-6-18(22)24/h1-2,4-5,7-8,11H,3,6,9-10H2,(H,21,23). The van der Waals surface area contributed by atoms with Crippen LogP contribution in [-0.2, 0) is 16.0 Å². The van der Waals surface area contributed by atoms with Crippen molar-refractivity contribution in [2.45, 2.75) is 19.3 Å². The molecule has 0 saturated carbocycles. The number of nitrogens with one attached hydrogen (secondary N) is 1. The molecule has 0 spiro atoms. The molecule has 2 aromatic carbocycles. The maximum Gasteiger partial charge on any atom is 0.228 e. The van der Waals surface area contributed by atoms with Crippen molar-refractivity contribution in [1.82, 2.24) is 0 Å². The van der Waals surface area contributed by atoms with Crippen LogP contribution >= 0.6 is 23.2 Å². The van der Waals surface area contributed by atoms with Crippen molar-refractivity contribution in [2.75, 3.05) is 16.8 Å². The Kier molecular flexibility index (Phi) is 5.07. The summed E-state index contributed by atoms with van der Waals surface area (Å²) in [6, 6.07) is 12.4. The van der Waals surface area contributed by atoms with Crippen LogP contribution in [0.15, 0.2) is 42.5 Å². The van der Waals surface area contributed by atoms with Crippen molar-refractivity contribution < 1.29 is 9.59 Å². The summed E-state index contributed by atoms with van der Waals surface area (Å²) in [5, 5.41) is 3.86. The Labute approximate surface area is 150 Å². The van der Waals surface area contributed by atoms with Crippen LogP contribution in [-0.4, -0.2) is 18.4 Å². The molecule has 4 nitrogen and oxygen atoms in total. The molecule has 6 heteroatoms. The topological polar surface area (TPSA) is 49.4 Å². The first-order valence-corrected chi connectivity index (χ1v) is 8.43. The van der Waals surface area contributed by atoms with E-state index in [0.29, 0.717) is 34.3 Å². The molecule has 1 saturated heterocycles. The van der Waals surface area contributed by atoms with Gasteiger partial charge < -0.3 is 10.2 Å². The summed E-state index contributed by atoms with van der Waals surface area (Å²) in [5.41, 5.74) is 2.06. The highest BCUT2D eigenvalue weighted by Crippen LogP contribution is 2.29. The molecule has 3 rings (SSSR count). The third kappa shape index (κ3) is 3.71. The molecule has 0 bridgehead atoms. The third-order valence-corrected chi connectivity index (χ3v) is 4.50. The van der Waals surface area contributed by atoms with Crippen molar-refractivity contribution in [3.8, 4) is 0 Å². The van der Waals surface area contributed by atoms with E-state index in [1.54, 1.807) is 29.2 Å². The van der Waals surface area contributed by atoms with Gasteiger partial charge in [0.25, 0.3) is 0 Å². The Morgan fingerprint density at radius 2 is 1.96 bits per heavy atom. The minimum Gasteiger partial charge on any atom is -0.324 e. The summed E-state index contributed by atoms with van der Waals surface area (Å²) in [5.74, 6) is -0.115. The normalized spacial score (nSPS) is 14.1. The van der Waals surface area contributed by atoms with Crippen LogP contribution in [0.25, 0.3) is 0 Å². The van der Waals surface area contributed by atoms with E-state index in [1.165, 1.54) is 0 Å². The first kappa shape index (κ1) is 16.8. The molecule has 1 aliphatic rings. The number of hydrogen-bond donors (Lipinski definition) is 1. The van der Waals surface area contributed by atoms with Gasteiger partial charge in [0.15, 0.2) is 0 Å². The summed E-state index contributed by atoms with van der Waals surface area (Å²) in [6.45, 7) is 0.675. The summed E-state index contributed by atoms with van der Waals surface area (Å²) in [6.07, 6.45) is 1.52. The van der Waals surface area contributed by atoms with E-state index in [0.717, 1.165) is 12.1 Å². The third-order valence-electron chi connectivity index (χ3n) is 3.91. The zero-order valence-electron chi connectivity index (χ0n) is 12.9. The molecular weight excluding hydrogens is 347 g/mol. The molecule has 0 unspecified atom stereocenters. The molecule has 1 aliphatic heterocycles. The van der Waals surface area contributed by atoms with Gasteiger partial charge in [-0.15, -0.1) is 0 Å². The largest absolute Gasteiger partial charge is 0.324 e.